The SMILES string of the molecule is COc1ccc(C(C)(C)CNCC(N)CN)cc1F. The number of nitrogens with two attached hydrogens (primary N) is 2. The summed E-state index contributed by atoms with van der Waals surface area (Å²) in [5.74, 6) is -0.0793. The third-order valence-corrected chi connectivity index (χ3v) is 3.21. The molecule has 1 atom stereocenters. The first-order valence-corrected chi connectivity index (χ1v) is 6.41. The van der Waals surface area contributed by atoms with Gasteiger partial charge in [0.2, 0.25) is 0 Å². The first-order valence-electron chi connectivity index (χ1n) is 6.41. The van der Waals surface area contributed by atoms with Crippen molar-refractivity contribution in [3.8, 4) is 5.75 Å². The van der Waals surface area contributed by atoms with Crippen LogP contribution in [0.1, 0.15) is 19.4 Å². The van der Waals surface area contributed by atoms with Crippen molar-refractivity contribution in [3.05, 3.63) is 29.6 Å². The van der Waals surface area contributed by atoms with Gasteiger partial charge in [0.15, 0.2) is 11.6 Å². The number of nitrogens with one attached hydrogen (secondary N) is 1. The number of halogens is 1. The molecule has 1 aromatic carbocycles. The zero-order valence-electron chi connectivity index (χ0n) is 11.9. The van der Waals surface area contributed by atoms with Crippen molar-refractivity contribution in [3.63, 3.8) is 0 Å². The van der Waals surface area contributed by atoms with Crippen LogP contribution in [0, 0.1) is 5.82 Å². The van der Waals surface area contributed by atoms with E-state index >= 15 is 0 Å². The Kier molecular flexibility index (Phi) is 5.72. The van der Waals surface area contributed by atoms with Crippen LogP contribution in [0.3, 0.4) is 0 Å². The van der Waals surface area contributed by atoms with Gasteiger partial charge in [-0.3, -0.25) is 0 Å². The molecule has 1 aromatic rings. The van der Waals surface area contributed by atoms with Gasteiger partial charge in [0.25, 0.3) is 0 Å². The van der Waals surface area contributed by atoms with Crippen molar-refractivity contribution in [1.29, 1.82) is 0 Å². The molecule has 0 amide bonds. The lowest BCUT2D eigenvalue weighted by Gasteiger charge is -2.27. The van der Waals surface area contributed by atoms with Gasteiger partial charge in [-0.25, -0.2) is 4.39 Å². The van der Waals surface area contributed by atoms with E-state index in [-0.39, 0.29) is 23.0 Å². The Balaban J connectivity index is 2.68. The van der Waals surface area contributed by atoms with Crippen molar-refractivity contribution in [2.24, 2.45) is 11.5 Å². The van der Waals surface area contributed by atoms with Crippen molar-refractivity contribution in [1.82, 2.24) is 5.32 Å². The van der Waals surface area contributed by atoms with Crippen LogP contribution >= 0.6 is 0 Å². The summed E-state index contributed by atoms with van der Waals surface area (Å²) in [4.78, 5) is 0. The van der Waals surface area contributed by atoms with Crippen molar-refractivity contribution >= 4 is 0 Å². The second-order valence-electron chi connectivity index (χ2n) is 5.36. The van der Waals surface area contributed by atoms with Gasteiger partial charge in [-0.2, -0.15) is 0 Å². The molecule has 0 saturated heterocycles. The summed E-state index contributed by atoms with van der Waals surface area (Å²) in [6.07, 6.45) is 0. The van der Waals surface area contributed by atoms with E-state index in [1.165, 1.54) is 13.2 Å². The molecule has 0 radical (unpaired) electrons. The van der Waals surface area contributed by atoms with E-state index in [2.05, 4.69) is 19.2 Å². The summed E-state index contributed by atoms with van der Waals surface area (Å²) in [6, 6.07) is 5.00. The molecule has 108 valence electrons. The third-order valence-electron chi connectivity index (χ3n) is 3.21. The van der Waals surface area contributed by atoms with E-state index in [0.29, 0.717) is 19.6 Å². The van der Waals surface area contributed by atoms with E-state index in [4.69, 9.17) is 16.2 Å². The average Bonchev–Trinajstić information content (AvgIpc) is 2.38. The van der Waals surface area contributed by atoms with Crippen LogP contribution in [0.15, 0.2) is 18.2 Å². The van der Waals surface area contributed by atoms with Gasteiger partial charge in [-0.05, 0) is 17.7 Å². The maximum atomic E-state index is 13.7. The summed E-state index contributed by atoms with van der Waals surface area (Å²) in [6.45, 7) is 5.90. The molecule has 0 aromatic heterocycles. The van der Waals surface area contributed by atoms with Crippen molar-refractivity contribution in [2.45, 2.75) is 25.3 Å². The van der Waals surface area contributed by atoms with E-state index in [0.717, 1.165) is 5.56 Å². The van der Waals surface area contributed by atoms with Gasteiger partial charge in [0, 0.05) is 31.1 Å². The Morgan fingerprint density at radius 1 is 1.42 bits per heavy atom. The summed E-state index contributed by atoms with van der Waals surface area (Å²) >= 11 is 0. The molecule has 0 aliphatic heterocycles. The lowest BCUT2D eigenvalue weighted by atomic mass is 9.84. The number of rotatable bonds is 7. The fourth-order valence-corrected chi connectivity index (χ4v) is 1.84. The minimum absolute atomic E-state index is 0.0524. The Hall–Kier alpha value is -1.17. The number of hydrogen-bond donors (Lipinski definition) is 3. The molecule has 1 unspecified atom stereocenters. The summed E-state index contributed by atoms with van der Waals surface area (Å²) in [5, 5.41) is 3.26. The van der Waals surface area contributed by atoms with E-state index < -0.39 is 0 Å². The van der Waals surface area contributed by atoms with Crippen LogP contribution in [-0.4, -0.2) is 32.8 Å². The molecule has 5 N–H and O–H groups in total. The highest BCUT2D eigenvalue weighted by molar-refractivity contribution is 5.33. The van der Waals surface area contributed by atoms with Crippen LogP contribution in [0.5, 0.6) is 5.75 Å². The average molecular weight is 269 g/mol. The molecule has 0 saturated carbocycles. The summed E-state index contributed by atoms with van der Waals surface area (Å²) < 4.78 is 18.6. The number of benzene rings is 1. The van der Waals surface area contributed by atoms with Crippen LogP contribution < -0.4 is 21.5 Å². The number of methoxy groups -OCH3 is 1. The largest absolute Gasteiger partial charge is 0.494 e. The zero-order valence-corrected chi connectivity index (χ0v) is 11.9. The normalized spacial score (nSPS) is 13.4. The van der Waals surface area contributed by atoms with Gasteiger partial charge in [-0.1, -0.05) is 19.9 Å². The molecule has 0 aliphatic carbocycles. The smallest absolute Gasteiger partial charge is 0.165 e. The minimum atomic E-state index is -0.341. The van der Waals surface area contributed by atoms with Gasteiger partial charge in [0.05, 0.1) is 7.11 Å². The van der Waals surface area contributed by atoms with Crippen LogP contribution in [-0.2, 0) is 5.41 Å². The Labute approximate surface area is 114 Å². The Bertz CT molecular complexity index is 410. The molecule has 0 fully saturated rings. The van der Waals surface area contributed by atoms with E-state index in [9.17, 15) is 4.39 Å². The molecular formula is C14H24FN3O. The highest BCUT2D eigenvalue weighted by Gasteiger charge is 2.21. The number of ether oxygens (including phenoxy) is 1. The highest BCUT2D eigenvalue weighted by atomic mass is 19.1. The Morgan fingerprint density at radius 3 is 2.63 bits per heavy atom. The fourth-order valence-electron chi connectivity index (χ4n) is 1.84. The van der Waals surface area contributed by atoms with E-state index in [1.54, 1.807) is 6.07 Å². The predicted octanol–water partition coefficient (Wildman–Crippen LogP) is 0.988. The fraction of sp³-hybridized carbons (Fsp3) is 0.571. The van der Waals surface area contributed by atoms with Crippen LogP contribution in [0.2, 0.25) is 0 Å². The molecule has 0 spiro atoms. The van der Waals surface area contributed by atoms with Gasteiger partial charge in [-0.15, -0.1) is 0 Å². The minimum Gasteiger partial charge on any atom is -0.494 e. The van der Waals surface area contributed by atoms with Crippen molar-refractivity contribution < 1.29 is 9.13 Å². The predicted molar refractivity (Wildman–Crippen MR) is 75.9 cm³/mol. The first kappa shape index (κ1) is 15.9. The molecular weight excluding hydrogens is 245 g/mol. The van der Waals surface area contributed by atoms with Gasteiger partial charge < -0.3 is 21.5 Å². The molecule has 5 heteroatoms. The van der Waals surface area contributed by atoms with E-state index in [1.807, 2.05) is 6.07 Å². The second kappa shape index (κ2) is 6.84. The number of hydrogen-bond acceptors (Lipinski definition) is 4. The zero-order chi connectivity index (χ0) is 14.5. The summed E-state index contributed by atoms with van der Waals surface area (Å²) in [7, 11) is 1.46. The first-order chi connectivity index (χ1) is 8.90. The van der Waals surface area contributed by atoms with Crippen LogP contribution in [0.4, 0.5) is 4.39 Å². The maximum Gasteiger partial charge on any atom is 0.165 e. The van der Waals surface area contributed by atoms with Gasteiger partial charge in [0.1, 0.15) is 0 Å². The quantitative estimate of drug-likeness (QED) is 0.690. The maximum absolute atomic E-state index is 13.7. The molecule has 19 heavy (non-hydrogen) atoms. The standard InChI is InChI=1S/C14H24FN3O/c1-14(2,9-18-8-11(17)7-16)10-4-5-13(19-3)12(15)6-10/h4-6,11,18H,7-9,16-17H2,1-3H3. The second-order valence-corrected chi connectivity index (χ2v) is 5.36. The highest BCUT2D eigenvalue weighted by Crippen LogP contribution is 2.26. The third kappa shape index (κ3) is 4.45. The van der Waals surface area contributed by atoms with Crippen molar-refractivity contribution in [2.75, 3.05) is 26.7 Å². The molecule has 0 aliphatic rings. The molecule has 0 heterocycles. The summed E-state index contributed by atoms with van der Waals surface area (Å²) in [5.41, 5.74) is 11.9. The lowest BCUT2D eigenvalue weighted by molar-refractivity contribution is 0.384. The monoisotopic (exact) mass is 269 g/mol. The lowest BCUT2D eigenvalue weighted by Crippen LogP contribution is -2.43. The molecule has 0 bridgehead atoms. The molecule has 1 rings (SSSR count). The Morgan fingerprint density at radius 2 is 2.11 bits per heavy atom. The van der Waals surface area contributed by atoms with Gasteiger partial charge >= 0.3 is 0 Å². The topological polar surface area (TPSA) is 73.3 Å². The molecule has 4 nitrogen and oxygen atoms in total. The van der Waals surface area contributed by atoms with Crippen LogP contribution in [0.25, 0.3) is 0 Å².